The standard InChI is InChI=1S/C17H25ClN4O/c1-19-17(20-11-2-3-16(23)22-15-8-9-15)21-12-10-13-4-6-14(18)7-5-13/h4-7,15H,2-3,8-12H2,1H3,(H,22,23)(H2,19,20,21). The highest BCUT2D eigenvalue weighted by molar-refractivity contribution is 6.30. The second-order valence-corrected chi connectivity index (χ2v) is 6.18. The summed E-state index contributed by atoms with van der Waals surface area (Å²) in [6, 6.07) is 8.29. The van der Waals surface area contributed by atoms with Gasteiger partial charge in [-0.1, -0.05) is 23.7 Å². The van der Waals surface area contributed by atoms with Gasteiger partial charge in [0.25, 0.3) is 0 Å². The molecule has 0 aliphatic heterocycles. The first kappa shape index (κ1) is 17.6. The molecule has 2 rings (SSSR count). The first-order valence-corrected chi connectivity index (χ1v) is 8.53. The van der Waals surface area contributed by atoms with E-state index in [9.17, 15) is 4.79 Å². The lowest BCUT2D eigenvalue weighted by Crippen LogP contribution is -2.39. The number of aliphatic imine (C=N–C) groups is 1. The molecule has 1 aromatic rings. The summed E-state index contributed by atoms with van der Waals surface area (Å²) in [5.41, 5.74) is 1.23. The summed E-state index contributed by atoms with van der Waals surface area (Å²) in [6.07, 6.45) is 4.53. The second kappa shape index (κ2) is 9.40. The molecule has 126 valence electrons. The van der Waals surface area contributed by atoms with Gasteiger partial charge in [-0.3, -0.25) is 9.79 Å². The van der Waals surface area contributed by atoms with Gasteiger partial charge in [0.15, 0.2) is 5.96 Å². The Hall–Kier alpha value is -1.75. The van der Waals surface area contributed by atoms with Crippen molar-refractivity contribution >= 4 is 23.5 Å². The molecule has 3 N–H and O–H groups in total. The van der Waals surface area contributed by atoms with E-state index in [-0.39, 0.29) is 5.91 Å². The van der Waals surface area contributed by atoms with Gasteiger partial charge in [-0.15, -0.1) is 0 Å². The zero-order chi connectivity index (χ0) is 16.5. The zero-order valence-electron chi connectivity index (χ0n) is 13.6. The van der Waals surface area contributed by atoms with E-state index in [0.717, 1.165) is 49.8 Å². The van der Waals surface area contributed by atoms with Crippen molar-refractivity contribution in [1.29, 1.82) is 0 Å². The Morgan fingerprint density at radius 2 is 1.91 bits per heavy atom. The van der Waals surface area contributed by atoms with Crippen LogP contribution in [0.3, 0.4) is 0 Å². The van der Waals surface area contributed by atoms with Crippen molar-refractivity contribution in [2.24, 2.45) is 4.99 Å². The average Bonchev–Trinajstić information content (AvgIpc) is 3.35. The quantitative estimate of drug-likeness (QED) is 0.387. The van der Waals surface area contributed by atoms with Gasteiger partial charge in [0.1, 0.15) is 0 Å². The fraction of sp³-hybridized carbons (Fsp3) is 0.529. The Balaban J connectivity index is 1.55. The van der Waals surface area contributed by atoms with Crippen molar-refractivity contribution in [3.8, 4) is 0 Å². The minimum absolute atomic E-state index is 0.153. The number of halogens is 1. The summed E-state index contributed by atoms with van der Waals surface area (Å²) >= 11 is 5.87. The Bertz CT molecular complexity index is 526. The second-order valence-electron chi connectivity index (χ2n) is 5.75. The van der Waals surface area contributed by atoms with E-state index < -0.39 is 0 Å². The molecule has 0 saturated heterocycles. The van der Waals surface area contributed by atoms with Crippen LogP contribution in [0.25, 0.3) is 0 Å². The third-order valence-electron chi connectivity index (χ3n) is 3.66. The number of amides is 1. The highest BCUT2D eigenvalue weighted by Gasteiger charge is 2.22. The predicted octanol–water partition coefficient (Wildman–Crippen LogP) is 2.11. The molecule has 0 radical (unpaired) electrons. The lowest BCUT2D eigenvalue weighted by Gasteiger charge is -2.12. The van der Waals surface area contributed by atoms with Crippen LogP contribution in [0.15, 0.2) is 29.3 Å². The fourth-order valence-electron chi connectivity index (χ4n) is 2.18. The third kappa shape index (κ3) is 7.37. The lowest BCUT2D eigenvalue weighted by atomic mass is 10.1. The average molecular weight is 337 g/mol. The van der Waals surface area contributed by atoms with Gasteiger partial charge in [-0.25, -0.2) is 0 Å². The highest BCUT2D eigenvalue weighted by atomic mass is 35.5. The molecule has 0 spiro atoms. The number of nitrogens with one attached hydrogen (secondary N) is 3. The zero-order valence-corrected chi connectivity index (χ0v) is 14.3. The number of hydrogen-bond donors (Lipinski definition) is 3. The van der Waals surface area contributed by atoms with Crippen molar-refractivity contribution in [2.45, 2.75) is 38.1 Å². The number of nitrogens with zero attached hydrogens (tertiary/aromatic N) is 1. The van der Waals surface area contributed by atoms with Crippen LogP contribution < -0.4 is 16.0 Å². The number of rotatable bonds is 8. The summed E-state index contributed by atoms with van der Waals surface area (Å²) in [7, 11) is 1.75. The molecule has 0 unspecified atom stereocenters. The van der Waals surface area contributed by atoms with E-state index >= 15 is 0 Å². The van der Waals surface area contributed by atoms with Crippen molar-refractivity contribution in [3.05, 3.63) is 34.9 Å². The number of hydrogen-bond acceptors (Lipinski definition) is 2. The molecule has 1 aliphatic rings. The molecule has 1 aromatic carbocycles. The van der Waals surface area contributed by atoms with Crippen LogP contribution in [0, 0.1) is 0 Å². The summed E-state index contributed by atoms with van der Waals surface area (Å²) in [5.74, 6) is 0.918. The Morgan fingerprint density at radius 3 is 2.57 bits per heavy atom. The molecule has 0 atom stereocenters. The van der Waals surface area contributed by atoms with E-state index in [0.29, 0.717) is 12.5 Å². The van der Waals surface area contributed by atoms with E-state index in [1.54, 1.807) is 7.05 Å². The Morgan fingerprint density at radius 1 is 1.22 bits per heavy atom. The van der Waals surface area contributed by atoms with Gasteiger partial charge in [0.2, 0.25) is 5.91 Å². The van der Waals surface area contributed by atoms with Gasteiger partial charge in [-0.05, 0) is 43.4 Å². The monoisotopic (exact) mass is 336 g/mol. The van der Waals surface area contributed by atoms with Crippen molar-refractivity contribution in [1.82, 2.24) is 16.0 Å². The third-order valence-corrected chi connectivity index (χ3v) is 3.91. The molecule has 1 fully saturated rings. The SMILES string of the molecule is CN=C(NCCCC(=O)NC1CC1)NCCc1ccc(Cl)cc1. The van der Waals surface area contributed by atoms with Crippen LogP contribution in [0.2, 0.25) is 5.02 Å². The molecule has 0 heterocycles. The van der Waals surface area contributed by atoms with Gasteiger partial charge in [0, 0.05) is 37.6 Å². The molecule has 1 aliphatic carbocycles. The van der Waals surface area contributed by atoms with Crippen molar-refractivity contribution < 1.29 is 4.79 Å². The maximum absolute atomic E-state index is 11.6. The highest BCUT2D eigenvalue weighted by Crippen LogP contribution is 2.18. The Kier molecular flexibility index (Phi) is 7.20. The summed E-state index contributed by atoms with van der Waals surface area (Å²) in [6.45, 7) is 1.53. The molecule has 6 heteroatoms. The van der Waals surface area contributed by atoms with Crippen LogP contribution >= 0.6 is 11.6 Å². The van der Waals surface area contributed by atoms with E-state index in [1.807, 2.05) is 24.3 Å². The molecule has 0 bridgehead atoms. The van der Waals surface area contributed by atoms with Crippen molar-refractivity contribution in [2.75, 3.05) is 20.1 Å². The van der Waals surface area contributed by atoms with Crippen LogP contribution in [0.1, 0.15) is 31.2 Å². The van der Waals surface area contributed by atoms with E-state index in [2.05, 4.69) is 20.9 Å². The molecule has 0 aromatic heterocycles. The van der Waals surface area contributed by atoms with Crippen molar-refractivity contribution in [3.63, 3.8) is 0 Å². The minimum atomic E-state index is 0.153. The predicted molar refractivity (Wildman–Crippen MR) is 94.9 cm³/mol. The van der Waals surface area contributed by atoms with Crippen LogP contribution in [0.4, 0.5) is 0 Å². The minimum Gasteiger partial charge on any atom is -0.356 e. The topological polar surface area (TPSA) is 65.5 Å². The summed E-state index contributed by atoms with van der Waals surface area (Å²) in [5, 5.41) is 10.2. The van der Waals surface area contributed by atoms with Gasteiger partial charge >= 0.3 is 0 Å². The first-order chi connectivity index (χ1) is 11.2. The van der Waals surface area contributed by atoms with Gasteiger partial charge in [-0.2, -0.15) is 0 Å². The van der Waals surface area contributed by atoms with Gasteiger partial charge < -0.3 is 16.0 Å². The molecular weight excluding hydrogens is 312 g/mol. The van der Waals surface area contributed by atoms with Gasteiger partial charge in [0.05, 0.1) is 0 Å². The smallest absolute Gasteiger partial charge is 0.220 e. The van der Waals surface area contributed by atoms with E-state index in [1.165, 1.54) is 5.56 Å². The maximum atomic E-state index is 11.6. The summed E-state index contributed by atoms with van der Waals surface area (Å²) < 4.78 is 0. The number of carbonyl (C=O) groups is 1. The fourth-order valence-corrected chi connectivity index (χ4v) is 2.31. The number of benzene rings is 1. The van der Waals surface area contributed by atoms with Crippen LogP contribution in [0.5, 0.6) is 0 Å². The molecular formula is C17H25ClN4O. The first-order valence-electron chi connectivity index (χ1n) is 8.15. The summed E-state index contributed by atoms with van der Waals surface area (Å²) in [4.78, 5) is 15.7. The van der Waals surface area contributed by atoms with Crippen LogP contribution in [-0.4, -0.2) is 38.0 Å². The molecule has 23 heavy (non-hydrogen) atoms. The Labute approximate surface area is 142 Å². The number of carbonyl (C=O) groups excluding carboxylic acids is 1. The molecule has 1 saturated carbocycles. The maximum Gasteiger partial charge on any atom is 0.220 e. The normalized spacial score (nSPS) is 14.4. The molecule has 5 nitrogen and oxygen atoms in total. The van der Waals surface area contributed by atoms with E-state index in [4.69, 9.17) is 11.6 Å². The largest absolute Gasteiger partial charge is 0.356 e. The number of guanidine groups is 1. The van der Waals surface area contributed by atoms with Crippen LogP contribution in [-0.2, 0) is 11.2 Å². The lowest BCUT2D eigenvalue weighted by molar-refractivity contribution is -0.121. The molecule has 1 amide bonds.